The predicted octanol–water partition coefficient (Wildman–Crippen LogP) is 4.91. The summed E-state index contributed by atoms with van der Waals surface area (Å²) in [6.07, 6.45) is 1.64. The third kappa shape index (κ3) is 3.24. The number of amides is 1. The van der Waals surface area contributed by atoms with Gasteiger partial charge in [0.25, 0.3) is 5.91 Å². The first-order valence-corrected chi connectivity index (χ1v) is 9.48. The van der Waals surface area contributed by atoms with E-state index in [-0.39, 0.29) is 11.9 Å². The van der Waals surface area contributed by atoms with Crippen LogP contribution in [0.25, 0.3) is 0 Å². The van der Waals surface area contributed by atoms with Gasteiger partial charge in [0.05, 0.1) is 19.3 Å². The summed E-state index contributed by atoms with van der Waals surface area (Å²) in [6.45, 7) is 3.98. The van der Waals surface area contributed by atoms with Crippen LogP contribution in [0.15, 0.2) is 30.3 Å². The van der Waals surface area contributed by atoms with E-state index in [1.807, 2.05) is 17.9 Å². The molecule has 2 heterocycles. The van der Waals surface area contributed by atoms with Crippen molar-refractivity contribution in [3.05, 3.63) is 57.1 Å². The Morgan fingerprint density at radius 2 is 1.69 bits per heavy atom. The van der Waals surface area contributed by atoms with Gasteiger partial charge in [-0.1, -0.05) is 23.2 Å². The van der Waals surface area contributed by atoms with Crippen molar-refractivity contribution in [3.63, 3.8) is 0 Å². The van der Waals surface area contributed by atoms with Gasteiger partial charge in [-0.05, 0) is 54.8 Å². The maximum atomic E-state index is 13.0. The number of halogens is 2. The molecule has 0 saturated carbocycles. The average Bonchev–Trinajstić information content (AvgIpc) is 2.84. The van der Waals surface area contributed by atoms with E-state index in [0.717, 1.165) is 29.9 Å². The van der Waals surface area contributed by atoms with Crippen molar-refractivity contribution in [1.82, 2.24) is 4.90 Å². The number of hydrogen-bond donors (Lipinski definition) is 0. The van der Waals surface area contributed by atoms with E-state index in [1.54, 1.807) is 18.2 Å². The predicted molar refractivity (Wildman–Crippen MR) is 102 cm³/mol. The number of hydrogen-bond acceptors (Lipinski definition) is 3. The van der Waals surface area contributed by atoms with Crippen LogP contribution in [0.5, 0.6) is 11.5 Å². The van der Waals surface area contributed by atoms with Crippen LogP contribution < -0.4 is 9.47 Å². The van der Waals surface area contributed by atoms with Gasteiger partial charge in [0.2, 0.25) is 0 Å². The van der Waals surface area contributed by atoms with Crippen LogP contribution in [0, 0.1) is 0 Å². The molecule has 0 radical (unpaired) electrons. The molecule has 0 aliphatic carbocycles. The molecule has 2 aliphatic rings. The molecule has 1 unspecified atom stereocenters. The summed E-state index contributed by atoms with van der Waals surface area (Å²) in [5.74, 6) is 1.49. The van der Waals surface area contributed by atoms with E-state index in [2.05, 4.69) is 6.07 Å². The topological polar surface area (TPSA) is 38.8 Å². The molecule has 0 fully saturated rings. The van der Waals surface area contributed by atoms with Crippen molar-refractivity contribution in [2.45, 2.75) is 25.8 Å². The average molecular weight is 392 g/mol. The number of carbonyl (C=O) groups is 1. The summed E-state index contributed by atoms with van der Waals surface area (Å²) in [5, 5.41) is 0.920. The van der Waals surface area contributed by atoms with E-state index in [1.165, 1.54) is 5.56 Å². The molecule has 4 rings (SSSR count). The molecule has 2 aromatic rings. The highest BCUT2D eigenvalue weighted by atomic mass is 35.5. The van der Waals surface area contributed by atoms with Gasteiger partial charge in [0.1, 0.15) is 0 Å². The molecule has 136 valence electrons. The van der Waals surface area contributed by atoms with Gasteiger partial charge in [-0.2, -0.15) is 0 Å². The van der Waals surface area contributed by atoms with Crippen LogP contribution in [0.3, 0.4) is 0 Å². The molecule has 0 aromatic heterocycles. The molecule has 4 nitrogen and oxygen atoms in total. The first-order valence-electron chi connectivity index (χ1n) is 8.72. The van der Waals surface area contributed by atoms with Crippen molar-refractivity contribution in [3.8, 4) is 11.5 Å². The third-order valence-electron chi connectivity index (χ3n) is 4.92. The fraction of sp³-hybridized carbons (Fsp3) is 0.350. The Kier molecular flexibility index (Phi) is 4.72. The number of carbonyl (C=O) groups excluding carboxylic acids is 1. The van der Waals surface area contributed by atoms with Crippen molar-refractivity contribution >= 4 is 29.1 Å². The van der Waals surface area contributed by atoms with Crippen LogP contribution in [0.1, 0.15) is 40.9 Å². The quantitative estimate of drug-likeness (QED) is 0.692. The van der Waals surface area contributed by atoms with Crippen molar-refractivity contribution in [1.29, 1.82) is 0 Å². The van der Waals surface area contributed by atoms with Gasteiger partial charge >= 0.3 is 0 Å². The molecule has 0 spiro atoms. The normalized spacial score (nSPS) is 18.9. The van der Waals surface area contributed by atoms with Crippen molar-refractivity contribution in [2.24, 2.45) is 0 Å². The fourth-order valence-electron chi connectivity index (χ4n) is 3.59. The monoisotopic (exact) mass is 391 g/mol. The van der Waals surface area contributed by atoms with Crippen LogP contribution in [0.2, 0.25) is 10.0 Å². The lowest BCUT2D eigenvalue weighted by Crippen LogP contribution is -2.38. The second-order valence-electron chi connectivity index (χ2n) is 6.63. The van der Waals surface area contributed by atoms with Crippen LogP contribution in [-0.2, 0) is 6.42 Å². The minimum atomic E-state index is -0.0698. The first-order chi connectivity index (χ1) is 12.5. The second kappa shape index (κ2) is 7.01. The van der Waals surface area contributed by atoms with Crippen LogP contribution in [-0.4, -0.2) is 30.6 Å². The zero-order valence-electron chi connectivity index (χ0n) is 14.4. The summed E-state index contributed by atoms with van der Waals surface area (Å²) >= 11 is 12.1. The lowest BCUT2D eigenvalue weighted by molar-refractivity contribution is 0.0677. The second-order valence-corrected chi connectivity index (χ2v) is 7.50. The standard InChI is InChI=1S/C20H19Cl2NO3/c1-12-17-11-19-18(25-5-2-6-26-19)9-13(17)3-4-23(12)20(24)14-7-15(21)10-16(22)8-14/h7-12H,2-6H2,1H3. The zero-order valence-corrected chi connectivity index (χ0v) is 15.9. The maximum absolute atomic E-state index is 13.0. The van der Waals surface area contributed by atoms with Crippen molar-refractivity contribution in [2.75, 3.05) is 19.8 Å². The molecule has 1 amide bonds. The van der Waals surface area contributed by atoms with Crippen LogP contribution in [0.4, 0.5) is 0 Å². The van der Waals surface area contributed by atoms with E-state index in [9.17, 15) is 4.79 Å². The van der Waals surface area contributed by atoms with Gasteiger partial charge in [-0.3, -0.25) is 4.79 Å². The van der Waals surface area contributed by atoms with Gasteiger partial charge in [0.15, 0.2) is 11.5 Å². The highest BCUT2D eigenvalue weighted by Gasteiger charge is 2.30. The molecule has 6 heteroatoms. The highest BCUT2D eigenvalue weighted by molar-refractivity contribution is 6.35. The number of benzene rings is 2. The van der Waals surface area contributed by atoms with Gasteiger partial charge in [0, 0.05) is 28.6 Å². The van der Waals surface area contributed by atoms with Gasteiger partial charge in [-0.25, -0.2) is 0 Å². The number of rotatable bonds is 1. The third-order valence-corrected chi connectivity index (χ3v) is 5.36. The lowest BCUT2D eigenvalue weighted by atomic mass is 9.92. The Hall–Kier alpha value is -1.91. The summed E-state index contributed by atoms with van der Waals surface area (Å²) < 4.78 is 11.6. The van der Waals surface area contributed by atoms with E-state index >= 15 is 0 Å². The largest absolute Gasteiger partial charge is 0.490 e. The molecule has 0 saturated heterocycles. The molecular formula is C20H19Cl2NO3. The minimum Gasteiger partial charge on any atom is -0.490 e. The van der Waals surface area contributed by atoms with E-state index in [0.29, 0.717) is 35.4 Å². The van der Waals surface area contributed by atoms with Gasteiger partial charge < -0.3 is 14.4 Å². The Morgan fingerprint density at radius 3 is 2.38 bits per heavy atom. The van der Waals surface area contributed by atoms with Gasteiger partial charge in [-0.15, -0.1) is 0 Å². The zero-order chi connectivity index (χ0) is 18.3. The fourth-order valence-corrected chi connectivity index (χ4v) is 4.12. The molecular weight excluding hydrogens is 373 g/mol. The number of fused-ring (bicyclic) bond motifs is 2. The molecule has 0 bridgehead atoms. The summed E-state index contributed by atoms with van der Waals surface area (Å²) in [4.78, 5) is 14.9. The number of ether oxygens (including phenoxy) is 2. The number of nitrogens with zero attached hydrogens (tertiary/aromatic N) is 1. The Morgan fingerprint density at radius 1 is 1.04 bits per heavy atom. The van der Waals surface area contributed by atoms with Crippen molar-refractivity contribution < 1.29 is 14.3 Å². The molecule has 2 aliphatic heterocycles. The molecule has 26 heavy (non-hydrogen) atoms. The van der Waals surface area contributed by atoms with E-state index in [4.69, 9.17) is 32.7 Å². The lowest BCUT2D eigenvalue weighted by Gasteiger charge is -2.36. The Bertz CT molecular complexity index is 848. The highest BCUT2D eigenvalue weighted by Crippen LogP contribution is 2.39. The smallest absolute Gasteiger partial charge is 0.254 e. The molecule has 2 aromatic carbocycles. The molecule has 0 N–H and O–H groups in total. The maximum Gasteiger partial charge on any atom is 0.254 e. The SMILES string of the molecule is CC1c2cc3c(cc2CCN1C(=O)c1cc(Cl)cc(Cl)c1)OCCCO3. The Balaban J connectivity index is 1.66. The van der Waals surface area contributed by atoms with E-state index < -0.39 is 0 Å². The summed E-state index contributed by atoms with van der Waals surface area (Å²) in [5.41, 5.74) is 2.81. The minimum absolute atomic E-state index is 0.0684. The first kappa shape index (κ1) is 17.5. The Labute approximate surface area is 162 Å². The molecule has 1 atom stereocenters. The summed E-state index contributed by atoms with van der Waals surface area (Å²) in [6, 6.07) is 8.95. The summed E-state index contributed by atoms with van der Waals surface area (Å²) in [7, 11) is 0. The van der Waals surface area contributed by atoms with Crippen LogP contribution >= 0.6 is 23.2 Å².